The highest BCUT2D eigenvalue weighted by molar-refractivity contribution is 9.10. The first kappa shape index (κ1) is 13.0. The van der Waals surface area contributed by atoms with Gasteiger partial charge in [-0.1, -0.05) is 15.9 Å². The van der Waals surface area contributed by atoms with Crippen LogP contribution in [0, 0.1) is 13.8 Å². The highest BCUT2D eigenvalue weighted by atomic mass is 79.9. The van der Waals surface area contributed by atoms with Crippen molar-refractivity contribution in [1.82, 2.24) is 14.8 Å². The Morgan fingerprint density at radius 1 is 1.33 bits per heavy atom. The summed E-state index contributed by atoms with van der Waals surface area (Å²) in [4.78, 5) is 16.4. The van der Waals surface area contributed by atoms with Crippen molar-refractivity contribution in [3.63, 3.8) is 0 Å². The standard InChI is InChI=1S/C13H14BrN3O/c1-4-17-13(15-7-16-17)12(18)10-5-8(2)11(14)9(3)6-10/h5-7H,4H2,1-3H3. The van der Waals surface area contributed by atoms with Gasteiger partial charge in [-0.2, -0.15) is 5.10 Å². The van der Waals surface area contributed by atoms with E-state index in [0.29, 0.717) is 17.9 Å². The molecule has 0 amide bonds. The molecule has 94 valence electrons. The Bertz CT molecular complexity index is 581. The maximum atomic E-state index is 12.4. The fourth-order valence-corrected chi connectivity index (χ4v) is 2.11. The van der Waals surface area contributed by atoms with E-state index in [-0.39, 0.29) is 5.78 Å². The maximum Gasteiger partial charge on any atom is 0.229 e. The molecule has 1 aromatic carbocycles. The van der Waals surface area contributed by atoms with Crippen molar-refractivity contribution < 1.29 is 4.79 Å². The Balaban J connectivity index is 2.47. The molecule has 0 radical (unpaired) electrons. The number of benzene rings is 1. The van der Waals surface area contributed by atoms with Gasteiger partial charge < -0.3 is 0 Å². The molecule has 4 nitrogen and oxygen atoms in total. The second kappa shape index (κ2) is 5.02. The minimum Gasteiger partial charge on any atom is -0.285 e. The zero-order valence-corrected chi connectivity index (χ0v) is 12.2. The fraction of sp³-hybridized carbons (Fsp3) is 0.308. The second-order valence-electron chi connectivity index (χ2n) is 4.15. The fourth-order valence-electron chi connectivity index (χ4n) is 1.88. The van der Waals surface area contributed by atoms with Gasteiger partial charge in [0.05, 0.1) is 0 Å². The molecular formula is C13H14BrN3O. The highest BCUT2D eigenvalue weighted by Gasteiger charge is 2.17. The van der Waals surface area contributed by atoms with Crippen LogP contribution in [0.5, 0.6) is 0 Å². The molecule has 2 rings (SSSR count). The third kappa shape index (κ3) is 2.22. The summed E-state index contributed by atoms with van der Waals surface area (Å²) in [5.41, 5.74) is 2.73. The maximum absolute atomic E-state index is 12.4. The second-order valence-corrected chi connectivity index (χ2v) is 4.95. The Kier molecular flexibility index (Phi) is 3.61. The van der Waals surface area contributed by atoms with Crippen molar-refractivity contribution >= 4 is 21.7 Å². The van der Waals surface area contributed by atoms with E-state index in [0.717, 1.165) is 15.6 Å². The number of carbonyl (C=O) groups excluding carboxylic acids is 1. The summed E-state index contributed by atoms with van der Waals surface area (Å²) in [7, 11) is 0. The minimum atomic E-state index is -0.0898. The smallest absolute Gasteiger partial charge is 0.229 e. The number of halogens is 1. The molecule has 0 unspecified atom stereocenters. The lowest BCUT2D eigenvalue weighted by Crippen LogP contribution is -2.12. The van der Waals surface area contributed by atoms with Crippen molar-refractivity contribution in [3.8, 4) is 0 Å². The number of ketones is 1. The van der Waals surface area contributed by atoms with Crippen LogP contribution in [-0.2, 0) is 6.54 Å². The van der Waals surface area contributed by atoms with Gasteiger partial charge in [-0.3, -0.25) is 4.79 Å². The number of carbonyl (C=O) groups is 1. The number of rotatable bonds is 3. The molecule has 2 aromatic rings. The van der Waals surface area contributed by atoms with Gasteiger partial charge in [0, 0.05) is 16.6 Å². The SMILES string of the molecule is CCn1ncnc1C(=O)c1cc(C)c(Br)c(C)c1. The molecule has 5 heteroatoms. The molecule has 0 fully saturated rings. The van der Waals surface area contributed by atoms with Gasteiger partial charge in [0.15, 0.2) is 5.82 Å². The van der Waals surface area contributed by atoms with E-state index < -0.39 is 0 Å². The third-order valence-electron chi connectivity index (χ3n) is 2.82. The third-order valence-corrected chi connectivity index (χ3v) is 4.07. The van der Waals surface area contributed by atoms with E-state index in [4.69, 9.17) is 0 Å². The van der Waals surface area contributed by atoms with Gasteiger partial charge in [-0.05, 0) is 44.0 Å². The summed E-state index contributed by atoms with van der Waals surface area (Å²) >= 11 is 3.49. The van der Waals surface area contributed by atoms with Crippen molar-refractivity contribution in [3.05, 3.63) is 45.4 Å². The molecular weight excluding hydrogens is 294 g/mol. The zero-order chi connectivity index (χ0) is 13.3. The van der Waals surface area contributed by atoms with Crippen LogP contribution < -0.4 is 0 Å². The number of aromatic nitrogens is 3. The summed E-state index contributed by atoms with van der Waals surface area (Å²) in [5.74, 6) is 0.298. The Morgan fingerprint density at radius 3 is 2.50 bits per heavy atom. The zero-order valence-electron chi connectivity index (χ0n) is 10.6. The van der Waals surface area contributed by atoms with Gasteiger partial charge in [-0.25, -0.2) is 9.67 Å². The first-order chi connectivity index (χ1) is 8.54. The lowest BCUT2D eigenvalue weighted by Gasteiger charge is -2.07. The lowest BCUT2D eigenvalue weighted by molar-refractivity contribution is 0.102. The monoisotopic (exact) mass is 307 g/mol. The van der Waals surface area contributed by atoms with Gasteiger partial charge in [-0.15, -0.1) is 0 Å². The molecule has 18 heavy (non-hydrogen) atoms. The van der Waals surface area contributed by atoms with Crippen molar-refractivity contribution in [2.45, 2.75) is 27.3 Å². The van der Waals surface area contributed by atoms with Crippen LogP contribution in [0.1, 0.15) is 34.2 Å². The van der Waals surface area contributed by atoms with Crippen molar-refractivity contribution in [2.75, 3.05) is 0 Å². The quantitative estimate of drug-likeness (QED) is 0.819. The summed E-state index contributed by atoms with van der Waals surface area (Å²) in [6.45, 7) is 6.51. The highest BCUT2D eigenvalue weighted by Crippen LogP contribution is 2.23. The number of aryl methyl sites for hydroxylation is 3. The molecule has 0 aliphatic rings. The summed E-state index contributed by atoms with van der Waals surface area (Å²) in [6.07, 6.45) is 1.41. The molecule has 1 heterocycles. The topological polar surface area (TPSA) is 47.8 Å². The molecule has 0 saturated heterocycles. The van der Waals surface area contributed by atoms with Gasteiger partial charge in [0.1, 0.15) is 6.33 Å². The Hall–Kier alpha value is -1.49. The van der Waals surface area contributed by atoms with Crippen LogP contribution in [0.15, 0.2) is 22.9 Å². The summed E-state index contributed by atoms with van der Waals surface area (Å²) in [5, 5.41) is 4.02. The number of hydrogen-bond acceptors (Lipinski definition) is 3. The molecule has 0 atom stereocenters. The lowest BCUT2D eigenvalue weighted by atomic mass is 10.0. The van der Waals surface area contributed by atoms with E-state index in [1.54, 1.807) is 4.68 Å². The molecule has 1 aromatic heterocycles. The van der Waals surface area contributed by atoms with Gasteiger partial charge >= 0.3 is 0 Å². The molecule has 0 N–H and O–H groups in total. The van der Waals surface area contributed by atoms with Crippen LogP contribution in [0.3, 0.4) is 0 Å². The average molecular weight is 308 g/mol. The Labute approximate surface area is 114 Å². The van der Waals surface area contributed by atoms with E-state index >= 15 is 0 Å². The first-order valence-electron chi connectivity index (χ1n) is 5.73. The Morgan fingerprint density at radius 2 is 1.94 bits per heavy atom. The van der Waals surface area contributed by atoms with E-state index in [9.17, 15) is 4.79 Å². The number of hydrogen-bond donors (Lipinski definition) is 0. The van der Waals surface area contributed by atoms with Gasteiger partial charge in [0.2, 0.25) is 5.78 Å². The van der Waals surface area contributed by atoms with Crippen molar-refractivity contribution in [1.29, 1.82) is 0 Å². The predicted molar refractivity (Wildman–Crippen MR) is 72.7 cm³/mol. The molecule has 0 saturated carbocycles. The van der Waals surface area contributed by atoms with Crippen LogP contribution >= 0.6 is 15.9 Å². The largest absolute Gasteiger partial charge is 0.285 e. The minimum absolute atomic E-state index is 0.0898. The number of nitrogens with zero attached hydrogens (tertiary/aromatic N) is 3. The average Bonchev–Trinajstić information content (AvgIpc) is 2.82. The summed E-state index contributed by atoms with van der Waals surface area (Å²) in [6, 6.07) is 3.74. The van der Waals surface area contributed by atoms with Gasteiger partial charge in [0.25, 0.3) is 0 Å². The van der Waals surface area contributed by atoms with Crippen LogP contribution in [0.25, 0.3) is 0 Å². The van der Waals surface area contributed by atoms with E-state index in [1.807, 2.05) is 32.9 Å². The normalized spacial score (nSPS) is 10.7. The van der Waals surface area contributed by atoms with E-state index in [2.05, 4.69) is 26.0 Å². The first-order valence-corrected chi connectivity index (χ1v) is 6.53. The molecule has 0 aliphatic heterocycles. The van der Waals surface area contributed by atoms with Crippen LogP contribution in [-0.4, -0.2) is 20.5 Å². The van der Waals surface area contributed by atoms with Crippen molar-refractivity contribution in [2.24, 2.45) is 0 Å². The van der Waals surface area contributed by atoms with Crippen LogP contribution in [0.4, 0.5) is 0 Å². The van der Waals surface area contributed by atoms with E-state index in [1.165, 1.54) is 6.33 Å². The van der Waals surface area contributed by atoms with Crippen LogP contribution in [0.2, 0.25) is 0 Å². The summed E-state index contributed by atoms with van der Waals surface area (Å²) < 4.78 is 2.64. The molecule has 0 aliphatic carbocycles. The predicted octanol–water partition coefficient (Wildman–Crippen LogP) is 2.91. The molecule has 0 bridgehead atoms. The molecule has 0 spiro atoms.